The minimum absolute atomic E-state index is 0.00502. The van der Waals surface area contributed by atoms with Crippen LogP contribution in [0.3, 0.4) is 0 Å². The second-order valence-electron chi connectivity index (χ2n) is 9.77. The summed E-state index contributed by atoms with van der Waals surface area (Å²) in [6, 6.07) is 0. The minimum atomic E-state index is -0.00502. The molecule has 24 heavy (non-hydrogen) atoms. The fraction of sp³-hybridized carbons (Fsp3) is 1.00. The van der Waals surface area contributed by atoms with Gasteiger partial charge in [-0.25, -0.2) is 0 Å². The molecule has 1 heteroatoms. The molecule has 8 unspecified atom stereocenters. The van der Waals surface area contributed by atoms with Crippen LogP contribution in [0.15, 0.2) is 0 Å². The van der Waals surface area contributed by atoms with Crippen molar-refractivity contribution >= 4 is 0 Å². The molecule has 0 heterocycles. The number of hydrogen-bond donors (Lipinski definition) is 1. The van der Waals surface area contributed by atoms with Crippen molar-refractivity contribution in [1.82, 2.24) is 0 Å². The van der Waals surface area contributed by atoms with E-state index in [0.29, 0.717) is 16.7 Å². The summed E-state index contributed by atoms with van der Waals surface area (Å²) in [5.41, 5.74) is 1.04. The van der Waals surface area contributed by atoms with Crippen LogP contribution < -0.4 is 0 Å². The minimum Gasteiger partial charge on any atom is -0.393 e. The van der Waals surface area contributed by atoms with E-state index in [-0.39, 0.29) is 6.10 Å². The molecule has 4 rings (SSSR count). The second-order valence-corrected chi connectivity index (χ2v) is 9.77. The van der Waals surface area contributed by atoms with E-state index in [9.17, 15) is 5.11 Å². The fourth-order valence-corrected chi connectivity index (χ4v) is 8.14. The van der Waals surface area contributed by atoms with E-state index in [1.165, 1.54) is 57.8 Å². The normalized spacial score (nSPS) is 53.2. The molecule has 0 aliphatic heterocycles. The maximum atomic E-state index is 10.9. The van der Waals surface area contributed by atoms with E-state index >= 15 is 0 Å². The van der Waals surface area contributed by atoms with Gasteiger partial charge in [0, 0.05) is 0 Å². The van der Waals surface area contributed by atoms with Crippen LogP contribution in [0.1, 0.15) is 98.8 Å². The third-order valence-corrected chi connectivity index (χ3v) is 9.28. The highest BCUT2D eigenvalue weighted by Gasteiger charge is 2.60. The molecule has 0 radical (unpaired) electrons. The second kappa shape index (κ2) is 6.93. The summed E-state index contributed by atoms with van der Waals surface area (Å²) in [6.45, 7) is 11.6. The first-order chi connectivity index (χ1) is 11.5. The summed E-state index contributed by atoms with van der Waals surface area (Å²) >= 11 is 0. The lowest BCUT2D eigenvalue weighted by Crippen LogP contribution is -2.56. The number of aliphatic hydroxyl groups is 1. The summed E-state index contributed by atoms with van der Waals surface area (Å²) in [6.07, 6.45) is 13.8. The van der Waals surface area contributed by atoms with Crippen LogP contribution in [-0.4, -0.2) is 11.2 Å². The molecule has 1 nitrogen and oxygen atoms in total. The monoisotopic (exact) mass is 334 g/mol. The van der Waals surface area contributed by atoms with E-state index in [4.69, 9.17) is 0 Å². The quantitative estimate of drug-likeness (QED) is 0.585. The van der Waals surface area contributed by atoms with Crippen LogP contribution in [0.5, 0.6) is 0 Å². The maximum absolute atomic E-state index is 10.9. The summed E-state index contributed by atoms with van der Waals surface area (Å²) in [4.78, 5) is 0. The molecule has 0 saturated heterocycles. The van der Waals surface area contributed by atoms with Crippen molar-refractivity contribution in [2.45, 2.75) is 105 Å². The van der Waals surface area contributed by atoms with Gasteiger partial charge in [0.05, 0.1) is 6.10 Å². The van der Waals surface area contributed by atoms with Crippen LogP contribution >= 0.6 is 0 Å². The first-order valence-electron chi connectivity index (χ1n) is 11.2. The van der Waals surface area contributed by atoms with E-state index in [0.717, 1.165) is 30.1 Å². The molecule has 8 atom stereocenters. The van der Waals surface area contributed by atoms with Crippen molar-refractivity contribution in [3.05, 3.63) is 0 Å². The summed E-state index contributed by atoms with van der Waals surface area (Å²) in [7, 11) is 0. The predicted molar refractivity (Wildman–Crippen MR) is 103 cm³/mol. The molecule has 0 aromatic rings. The third-order valence-electron chi connectivity index (χ3n) is 9.28. The molecule has 0 spiro atoms. The highest BCUT2D eigenvalue weighted by molar-refractivity contribution is 5.10. The molecule has 4 aliphatic rings. The Hall–Kier alpha value is -0.0400. The first-order valence-corrected chi connectivity index (χ1v) is 11.2. The molecular formula is C23H42O. The fourth-order valence-electron chi connectivity index (χ4n) is 8.14. The molecule has 0 aromatic heterocycles. The zero-order valence-electron chi connectivity index (χ0n) is 17.0. The number of fused-ring (bicyclic) bond motifs is 5. The van der Waals surface area contributed by atoms with Gasteiger partial charge in [-0.05, 0) is 85.4 Å². The lowest BCUT2D eigenvalue weighted by Gasteiger charge is -2.61. The standard InChI is InChI=1S/C21H36O.C2H6/c1-4-14-8-9-16-15-13-19(22)18-7-5-6-11-21(18,3)17(15)10-12-20(14,16)2;1-2/h14-19,22H,4-13H2,1-3H3;1-2H3. The average Bonchev–Trinajstić information content (AvgIpc) is 2.93. The summed E-state index contributed by atoms with van der Waals surface area (Å²) in [5, 5.41) is 10.9. The van der Waals surface area contributed by atoms with Gasteiger partial charge in [-0.2, -0.15) is 0 Å². The molecule has 0 amide bonds. The zero-order valence-corrected chi connectivity index (χ0v) is 17.0. The molecule has 0 bridgehead atoms. The molecular weight excluding hydrogens is 292 g/mol. The lowest BCUT2D eigenvalue weighted by atomic mass is 9.44. The Balaban J connectivity index is 0.000000815. The Morgan fingerprint density at radius 1 is 0.833 bits per heavy atom. The first kappa shape index (κ1) is 18.7. The van der Waals surface area contributed by atoms with Gasteiger partial charge >= 0.3 is 0 Å². The van der Waals surface area contributed by atoms with Crippen molar-refractivity contribution < 1.29 is 5.11 Å². The van der Waals surface area contributed by atoms with E-state index in [1.807, 2.05) is 13.8 Å². The van der Waals surface area contributed by atoms with E-state index in [2.05, 4.69) is 20.8 Å². The van der Waals surface area contributed by atoms with Gasteiger partial charge in [0.2, 0.25) is 0 Å². The maximum Gasteiger partial charge on any atom is 0.0576 e. The van der Waals surface area contributed by atoms with Crippen LogP contribution in [0, 0.1) is 40.4 Å². The van der Waals surface area contributed by atoms with Gasteiger partial charge in [0.1, 0.15) is 0 Å². The Bertz CT molecular complexity index is 432. The van der Waals surface area contributed by atoms with Crippen LogP contribution in [0.25, 0.3) is 0 Å². The smallest absolute Gasteiger partial charge is 0.0576 e. The topological polar surface area (TPSA) is 20.2 Å². The van der Waals surface area contributed by atoms with Crippen LogP contribution in [0.2, 0.25) is 0 Å². The Morgan fingerprint density at radius 2 is 1.54 bits per heavy atom. The Morgan fingerprint density at radius 3 is 2.25 bits per heavy atom. The van der Waals surface area contributed by atoms with Gasteiger partial charge in [-0.1, -0.05) is 53.9 Å². The Kier molecular flexibility index (Phi) is 5.41. The summed E-state index contributed by atoms with van der Waals surface area (Å²) in [5.74, 6) is 4.20. The molecule has 140 valence electrons. The summed E-state index contributed by atoms with van der Waals surface area (Å²) < 4.78 is 0. The van der Waals surface area contributed by atoms with E-state index < -0.39 is 0 Å². The van der Waals surface area contributed by atoms with Gasteiger partial charge < -0.3 is 5.11 Å². The molecule has 1 N–H and O–H groups in total. The molecule has 0 aromatic carbocycles. The van der Waals surface area contributed by atoms with Gasteiger partial charge in [0.25, 0.3) is 0 Å². The zero-order chi connectivity index (χ0) is 17.5. The number of aliphatic hydroxyl groups excluding tert-OH is 1. The van der Waals surface area contributed by atoms with Crippen molar-refractivity contribution in [1.29, 1.82) is 0 Å². The highest BCUT2D eigenvalue weighted by atomic mass is 16.3. The number of rotatable bonds is 1. The molecule has 4 saturated carbocycles. The average molecular weight is 335 g/mol. The lowest BCUT2D eigenvalue weighted by molar-refractivity contribution is -0.157. The van der Waals surface area contributed by atoms with E-state index in [1.54, 1.807) is 0 Å². The van der Waals surface area contributed by atoms with Gasteiger partial charge in [-0.3, -0.25) is 0 Å². The number of hydrogen-bond acceptors (Lipinski definition) is 1. The van der Waals surface area contributed by atoms with Gasteiger partial charge in [0.15, 0.2) is 0 Å². The molecule has 4 fully saturated rings. The van der Waals surface area contributed by atoms with Crippen molar-refractivity contribution in [3.63, 3.8) is 0 Å². The van der Waals surface area contributed by atoms with Crippen molar-refractivity contribution in [2.75, 3.05) is 0 Å². The molecule has 4 aliphatic carbocycles. The van der Waals surface area contributed by atoms with Crippen LogP contribution in [-0.2, 0) is 0 Å². The highest BCUT2D eigenvalue weighted by Crippen LogP contribution is 2.67. The van der Waals surface area contributed by atoms with Crippen molar-refractivity contribution in [3.8, 4) is 0 Å². The predicted octanol–water partition coefficient (Wildman–Crippen LogP) is 6.44. The van der Waals surface area contributed by atoms with Gasteiger partial charge in [-0.15, -0.1) is 0 Å². The van der Waals surface area contributed by atoms with Crippen molar-refractivity contribution in [2.24, 2.45) is 40.4 Å². The SMILES string of the molecule is CC.CCC1CCC2C3CC(O)C4CCCCC4(C)C3CCC12C. The van der Waals surface area contributed by atoms with Crippen LogP contribution in [0.4, 0.5) is 0 Å². The largest absolute Gasteiger partial charge is 0.393 e. The Labute approximate surface area is 151 Å². The third kappa shape index (κ3) is 2.60.